The van der Waals surface area contributed by atoms with Crippen molar-refractivity contribution in [3.05, 3.63) is 57.0 Å². The van der Waals surface area contributed by atoms with Crippen molar-refractivity contribution in [2.24, 2.45) is 0 Å². The van der Waals surface area contributed by atoms with E-state index in [0.29, 0.717) is 21.4 Å². The molecule has 0 saturated heterocycles. The molecule has 0 atom stereocenters. The Balaban J connectivity index is 1.83. The number of carbonyl (C=O) groups excluding carboxylic acids is 3. The van der Waals surface area contributed by atoms with Gasteiger partial charge in [-0.3, -0.25) is 14.4 Å². The fraction of sp³-hybridized carbons (Fsp3) is 0.0625. The minimum atomic E-state index is -0.929. The molecule has 2 aromatic carbocycles. The first-order chi connectivity index (χ1) is 11.8. The number of nitrogens with one attached hydrogen (secondary N) is 3. The van der Waals surface area contributed by atoms with Gasteiger partial charge in [0, 0.05) is 25.9 Å². The summed E-state index contributed by atoms with van der Waals surface area (Å²) in [6.45, 7) is -0.378. The Morgan fingerprint density at radius 2 is 1.44 bits per heavy atom. The maximum atomic E-state index is 11.8. The largest absolute Gasteiger partial charge is 0.339 e. The Hall–Kier alpha value is -2.09. The highest BCUT2D eigenvalue weighted by molar-refractivity contribution is 9.10. The van der Waals surface area contributed by atoms with Gasteiger partial charge in [-0.25, -0.2) is 0 Å². The van der Waals surface area contributed by atoms with Gasteiger partial charge in [-0.15, -0.1) is 0 Å². The van der Waals surface area contributed by atoms with Crippen LogP contribution in [0.1, 0.15) is 0 Å². The molecule has 9 heteroatoms. The molecule has 25 heavy (non-hydrogen) atoms. The standard InChI is InChI=1S/C16H12BrCl2N3O3/c17-9-1-3-12(4-2-9)22-16(25)15(24)20-8-14(23)21-13-6-10(18)5-11(19)7-13/h1-7H,8H2,(H,20,24)(H,21,23)(H,22,25). The van der Waals surface area contributed by atoms with Gasteiger partial charge in [-0.1, -0.05) is 39.1 Å². The van der Waals surface area contributed by atoms with Crippen molar-refractivity contribution in [3.8, 4) is 0 Å². The SMILES string of the molecule is O=C(CNC(=O)C(=O)Nc1ccc(Br)cc1)Nc1cc(Cl)cc(Cl)c1. The zero-order chi connectivity index (χ0) is 18.4. The number of hydrogen-bond acceptors (Lipinski definition) is 3. The normalized spacial score (nSPS) is 10.0. The molecule has 130 valence electrons. The van der Waals surface area contributed by atoms with E-state index in [1.807, 2.05) is 0 Å². The molecule has 3 N–H and O–H groups in total. The van der Waals surface area contributed by atoms with Crippen LogP contribution in [0.15, 0.2) is 46.9 Å². The third-order valence-electron chi connectivity index (χ3n) is 2.86. The number of benzene rings is 2. The van der Waals surface area contributed by atoms with Crippen LogP contribution < -0.4 is 16.0 Å². The van der Waals surface area contributed by atoms with Crippen LogP contribution in [0.5, 0.6) is 0 Å². The molecule has 0 aliphatic heterocycles. The summed E-state index contributed by atoms with van der Waals surface area (Å²) >= 11 is 14.9. The number of amides is 3. The number of hydrogen-bond donors (Lipinski definition) is 3. The highest BCUT2D eigenvalue weighted by Crippen LogP contribution is 2.22. The van der Waals surface area contributed by atoms with Crippen molar-refractivity contribution in [1.82, 2.24) is 5.32 Å². The summed E-state index contributed by atoms with van der Waals surface area (Å²) in [7, 11) is 0. The predicted molar refractivity (Wildman–Crippen MR) is 101 cm³/mol. The zero-order valence-corrected chi connectivity index (χ0v) is 15.7. The van der Waals surface area contributed by atoms with Gasteiger partial charge in [0.1, 0.15) is 0 Å². The van der Waals surface area contributed by atoms with Crippen LogP contribution in [0.2, 0.25) is 10.0 Å². The van der Waals surface area contributed by atoms with E-state index in [1.54, 1.807) is 24.3 Å². The van der Waals surface area contributed by atoms with Crippen molar-refractivity contribution >= 4 is 68.2 Å². The van der Waals surface area contributed by atoms with Crippen LogP contribution in [0, 0.1) is 0 Å². The molecule has 0 spiro atoms. The molecule has 2 aromatic rings. The van der Waals surface area contributed by atoms with E-state index in [-0.39, 0.29) is 6.54 Å². The summed E-state index contributed by atoms with van der Waals surface area (Å²) in [5.41, 5.74) is 0.845. The number of rotatable bonds is 4. The van der Waals surface area contributed by atoms with Crippen molar-refractivity contribution in [2.45, 2.75) is 0 Å². The van der Waals surface area contributed by atoms with Crippen LogP contribution in [-0.2, 0) is 14.4 Å². The third-order valence-corrected chi connectivity index (χ3v) is 3.83. The number of anilines is 2. The Morgan fingerprint density at radius 3 is 2.04 bits per heavy atom. The second kappa shape index (κ2) is 8.84. The summed E-state index contributed by atoms with van der Waals surface area (Å²) in [5, 5.41) is 7.88. The summed E-state index contributed by atoms with van der Waals surface area (Å²) < 4.78 is 0.841. The maximum absolute atomic E-state index is 11.8. The predicted octanol–water partition coefficient (Wildman–Crippen LogP) is 3.45. The van der Waals surface area contributed by atoms with Gasteiger partial charge >= 0.3 is 11.8 Å². The fourth-order valence-corrected chi connectivity index (χ4v) is 2.58. The Labute approximate surface area is 162 Å². The summed E-state index contributed by atoms with van der Waals surface area (Å²) in [5.74, 6) is -2.33. The molecule has 3 amide bonds. The van der Waals surface area contributed by atoms with E-state index in [0.717, 1.165) is 4.47 Å². The van der Waals surface area contributed by atoms with Crippen molar-refractivity contribution in [3.63, 3.8) is 0 Å². The first-order valence-corrected chi connectivity index (χ1v) is 8.49. The molecule has 0 radical (unpaired) electrons. The molecular formula is C16H12BrCl2N3O3. The lowest BCUT2D eigenvalue weighted by Crippen LogP contribution is -2.39. The molecule has 2 rings (SSSR count). The molecule has 0 aliphatic rings. The van der Waals surface area contributed by atoms with Gasteiger partial charge in [0.25, 0.3) is 0 Å². The molecule has 0 aromatic heterocycles. The van der Waals surface area contributed by atoms with E-state index in [4.69, 9.17) is 23.2 Å². The molecule has 0 heterocycles. The van der Waals surface area contributed by atoms with Gasteiger partial charge < -0.3 is 16.0 Å². The van der Waals surface area contributed by atoms with Gasteiger partial charge in [0.2, 0.25) is 5.91 Å². The average Bonchev–Trinajstić information content (AvgIpc) is 2.53. The van der Waals surface area contributed by atoms with Gasteiger partial charge in [-0.05, 0) is 42.5 Å². The third kappa shape index (κ3) is 6.38. The smallest absolute Gasteiger partial charge is 0.313 e. The Bertz CT molecular complexity index is 793. The second-order valence-corrected chi connectivity index (χ2v) is 6.64. The van der Waals surface area contributed by atoms with E-state index in [9.17, 15) is 14.4 Å². The van der Waals surface area contributed by atoms with Crippen LogP contribution in [0.4, 0.5) is 11.4 Å². The van der Waals surface area contributed by atoms with Gasteiger partial charge in [0.15, 0.2) is 0 Å². The van der Waals surface area contributed by atoms with E-state index in [1.165, 1.54) is 18.2 Å². The first kappa shape index (κ1) is 19.2. The van der Waals surface area contributed by atoms with E-state index < -0.39 is 17.7 Å². The van der Waals surface area contributed by atoms with Crippen LogP contribution in [0.3, 0.4) is 0 Å². The van der Waals surface area contributed by atoms with E-state index in [2.05, 4.69) is 31.9 Å². The molecule has 6 nitrogen and oxygen atoms in total. The molecule has 0 fully saturated rings. The quantitative estimate of drug-likeness (QED) is 0.631. The zero-order valence-electron chi connectivity index (χ0n) is 12.6. The second-order valence-electron chi connectivity index (χ2n) is 4.85. The monoisotopic (exact) mass is 443 g/mol. The highest BCUT2D eigenvalue weighted by Gasteiger charge is 2.15. The van der Waals surface area contributed by atoms with Crippen LogP contribution in [0.25, 0.3) is 0 Å². The molecule has 0 bridgehead atoms. The summed E-state index contributed by atoms with van der Waals surface area (Å²) in [4.78, 5) is 35.3. The van der Waals surface area contributed by atoms with Crippen molar-refractivity contribution in [2.75, 3.05) is 17.2 Å². The Morgan fingerprint density at radius 1 is 0.840 bits per heavy atom. The lowest BCUT2D eigenvalue weighted by atomic mass is 10.3. The number of halogens is 3. The highest BCUT2D eigenvalue weighted by atomic mass is 79.9. The van der Waals surface area contributed by atoms with Crippen LogP contribution in [-0.4, -0.2) is 24.3 Å². The Kier molecular flexibility index (Phi) is 6.81. The minimum absolute atomic E-state index is 0.362. The fourth-order valence-electron chi connectivity index (χ4n) is 1.79. The number of carbonyl (C=O) groups is 3. The molecular weight excluding hydrogens is 433 g/mol. The van der Waals surface area contributed by atoms with Crippen LogP contribution >= 0.6 is 39.1 Å². The summed E-state index contributed by atoms with van der Waals surface area (Å²) in [6.07, 6.45) is 0. The lowest BCUT2D eigenvalue weighted by molar-refractivity contribution is -0.136. The minimum Gasteiger partial charge on any atom is -0.339 e. The first-order valence-electron chi connectivity index (χ1n) is 6.94. The van der Waals surface area contributed by atoms with E-state index >= 15 is 0 Å². The average molecular weight is 445 g/mol. The maximum Gasteiger partial charge on any atom is 0.313 e. The van der Waals surface area contributed by atoms with Crippen molar-refractivity contribution in [1.29, 1.82) is 0 Å². The molecule has 0 saturated carbocycles. The van der Waals surface area contributed by atoms with Gasteiger partial charge in [0.05, 0.1) is 6.54 Å². The van der Waals surface area contributed by atoms with Gasteiger partial charge in [-0.2, -0.15) is 0 Å². The van der Waals surface area contributed by atoms with Crippen molar-refractivity contribution < 1.29 is 14.4 Å². The molecule has 0 unspecified atom stereocenters. The molecule has 0 aliphatic carbocycles. The summed E-state index contributed by atoms with van der Waals surface area (Å²) in [6, 6.07) is 11.2. The topological polar surface area (TPSA) is 87.3 Å². The lowest BCUT2D eigenvalue weighted by Gasteiger charge is -2.08.